The summed E-state index contributed by atoms with van der Waals surface area (Å²) in [7, 11) is 0. The van der Waals surface area contributed by atoms with Crippen LogP contribution in [0.4, 0.5) is 5.69 Å². The second kappa shape index (κ2) is 9.78. The highest BCUT2D eigenvalue weighted by Gasteiger charge is 2.27. The van der Waals surface area contributed by atoms with Crippen LogP contribution in [0.1, 0.15) is 63.7 Å². The molecule has 0 aliphatic carbocycles. The Labute approximate surface area is 171 Å². The van der Waals surface area contributed by atoms with Crippen molar-refractivity contribution in [2.75, 3.05) is 44.2 Å². The molecule has 2 saturated heterocycles. The molecule has 156 valence electrons. The predicted octanol–water partition coefficient (Wildman–Crippen LogP) is 4.51. The van der Waals surface area contributed by atoms with Crippen LogP contribution in [0.2, 0.25) is 0 Å². The van der Waals surface area contributed by atoms with Crippen LogP contribution in [0.15, 0.2) is 24.3 Å². The molecule has 3 rings (SSSR count). The average Bonchev–Trinajstić information content (AvgIpc) is 2.70. The number of anilines is 1. The minimum absolute atomic E-state index is 0.205. The Morgan fingerprint density at radius 1 is 1.11 bits per heavy atom. The molecule has 2 aliphatic rings. The Kier molecular flexibility index (Phi) is 7.39. The number of amides is 1. The lowest BCUT2D eigenvalue weighted by atomic mass is 9.94. The molecule has 28 heavy (non-hydrogen) atoms. The van der Waals surface area contributed by atoms with Gasteiger partial charge in [0.05, 0.1) is 0 Å². The first kappa shape index (κ1) is 21.2. The molecular weight excluding hydrogens is 346 g/mol. The van der Waals surface area contributed by atoms with Gasteiger partial charge in [-0.15, -0.1) is 0 Å². The van der Waals surface area contributed by atoms with Gasteiger partial charge in [-0.3, -0.25) is 4.79 Å². The summed E-state index contributed by atoms with van der Waals surface area (Å²) in [4.78, 5) is 20.1. The summed E-state index contributed by atoms with van der Waals surface area (Å²) in [5, 5.41) is 0. The zero-order valence-corrected chi connectivity index (χ0v) is 18.4. The van der Waals surface area contributed by atoms with E-state index >= 15 is 0 Å². The van der Waals surface area contributed by atoms with Crippen molar-refractivity contribution in [2.24, 2.45) is 11.8 Å². The zero-order valence-electron chi connectivity index (χ0n) is 18.4. The van der Waals surface area contributed by atoms with E-state index in [1.165, 1.54) is 38.0 Å². The fourth-order valence-electron chi connectivity index (χ4n) is 4.83. The molecule has 1 aromatic carbocycles. The number of likely N-dealkylation sites (tertiary alicyclic amines) is 2. The van der Waals surface area contributed by atoms with Crippen LogP contribution in [-0.2, 0) is 0 Å². The van der Waals surface area contributed by atoms with Crippen LogP contribution in [0, 0.1) is 11.8 Å². The molecule has 0 N–H and O–H groups in total. The number of carbonyl (C=O) groups excluding carboxylic acids is 1. The maximum atomic E-state index is 13.1. The van der Waals surface area contributed by atoms with E-state index in [1.807, 2.05) is 12.1 Å². The molecule has 2 aliphatic heterocycles. The molecule has 0 bridgehead atoms. The first-order valence-electron chi connectivity index (χ1n) is 11.4. The third kappa shape index (κ3) is 5.28. The van der Waals surface area contributed by atoms with Crippen molar-refractivity contribution in [3.05, 3.63) is 29.8 Å². The summed E-state index contributed by atoms with van der Waals surface area (Å²) in [6.45, 7) is 15.4. The van der Waals surface area contributed by atoms with E-state index < -0.39 is 0 Å². The van der Waals surface area contributed by atoms with Gasteiger partial charge in [0.15, 0.2) is 0 Å². The third-order valence-electron chi connectivity index (χ3n) is 6.61. The Hall–Kier alpha value is -1.55. The number of rotatable bonds is 6. The molecule has 4 heteroatoms. The fraction of sp³-hybridized carbons (Fsp3) is 0.708. The predicted molar refractivity (Wildman–Crippen MR) is 118 cm³/mol. The highest BCUT2D eigenvalue weighted by Crippen LogP contribution is 2.24. The van der Waals surface area contributed by atoms with Crippen molar-refractivity contribution in [2.45, 2.75) is 59.4 Å². The largest absolute Gasteiger partial charge is 0.369 e. The number of carbonyl (C=O) groups is 1. The molecule has 1 atom stereocenters. The van der Waals surface area contributed by atoms with E-state index in [9.17, 15) is 4.79 Å². The van der Waals surface area contributed by atoms with Crippen LogP contribution < -0.4 is 4.90 Å². The Morgan fingerprint density at radius 3 is 2.39 bits per heavy atom. The molecule has 0 radical (unpaired) electrons. The highest BCUT2D eigenvalue weighted by atomic mass is 16.2. The number of nitrogens with zero attached hydrogens (tertiary/aromatic N) is 3. The average molecular weight is 386 g/mol. The summed E-state index contributed by atoms with van der Waals surface area (Å²) in [6.07, 6.45) is 5.05. The van der Waals surface area contributed by atoms with Crippen molar-refractivity contribution in [1.82, 2.24) is 9.80 Å². The van der Waals surface area contributed by atoms with Crippen molar-refractivity contribution < 1.29 is 4.79 Å². The maximum absolute atomic E-state index is 13.1. The molecule has 0 saturated carbocycles. The summed E-state index contributed by atoms with van der Waals surface area (Å²) < 4.78 is 0. The first-order valence-corrected chi connectivity index (χ1v) is 11.4. The van der Waals surface area contributed by atoms with Crippen molar-refractivity contribution in [3.8, 4) is 0 Å². The minimum atomic E-state index is 0.205. The third-order valence-corrected chi connectivity index (χ3v) is 6.61. The first-order chi connectivity index (χ1) is 13.5. The molecule has 4 nitrogen and oxygen atoms in total. The highest BCUT2D eigenvalue weighted by molar-refractivity contribution is 5.94. The molecule has 0 spiro atoms. The van der Waals surface area contributed by atoms with E-state index in [4.69, 9.17) is 0 Å². The minimum Gasteiger partial charge on any atom is -0.369 e. The number of benzene rings is 1. The van der Waals surface area contributed by atoms with Gasteiger partial charge in [-0.2, -0.15) is 0 Å². The standard InChI is InChI=1S/C24H39N3O/c1-5-27(19(2)3)23-10-8-22(9-11-23)24(28)26-14-6-7-21(18-26)17-25-15-12-20(4)13-16-25/h8-11,19-21H,5-7,12-18H2,1-4H3. The lowest BCUT2D eigenvalue weighted by Gasteiger charge is -2.38. The van der Waals surface area contributed by atoms with Crippen LogP contribution in [-0.4, -0.2) is 61.0 Å². The smallest absolute Gasteiger partial charge is 0.253 e. The molecule has 0 aromatic heterocycles. The maximum Gasteiger partial charge on any atom is 0.253 e. The van der Waals surface area contributed by atoms with Gasteiger partial charge in [0.2, 0.25) is 0 Å². The van der Waals surface area contributed by atoms with Gasteiger partial charge < -0.3 is 14.7 Å². The monoisotopic (exact) mass is 385 g/mol. The van der Waals surface area contributed by atoms with Gasteiger partial charge in [0.1, 0.15) is 0 Å². The second-order valence-electron chi connectivity index (χ2n) is 9.17. The van der Waals surface area contributed by atoms with Crippen molar-refractivity contribution in [1.29, 1.82) is 0 Å². The molecule has 1 amide bonds. The molecule has 1 aromatic rings. The Bertz CT molecular complexity index is 619. The molecule has 2 fully saturated rings. The topological polar surface area (TPSA) is 26.8 Å². The molecular formula is C24H39N3O. The lowest BCUT2D eigenvalue weighted by molar-refractivity contribution is 0.0622. The number of piperidine rings is 2. The van der Waals surface area contributed by atoms with Crippen LogP contribution >= 0.6 is 0 Å². The van der Waals surface area contributed by atoms with E-state index in [0.717, 1.165) is 44.1 Å². The van der Waals surface area contributed by atoms with Crippen molar-refractivity contribution in [3.63, 3.8) is 0 Å². The van der Waals surface area contributed by atoms with Crippen molar-refractivity contribution >= 4 is 11.6 Å². The van der Waals surface area contributed by atoms with Gasteiger partial charge in [-0.1, -0.05) is 6.92 Å². The Morgan fingerprint density at radius 2 is 1.79 bits per heavy atom. The lowest BCUT2D eigenvalue weighted by Crippen LogP contribution is -2.45. The van der Waals surface area contributed by atoms with Gasteiger partial charge in [-0.25, -0.2) is 0 Å². The van der Waals surface area contributed by atoms with Crippen LogP contribution in [0.5, 0.6) is 0 Å². The molecule has 2 heterocycles. The van der Waals surface area contributed by atoms with Crippen LogP contribution in [0.3, 0.4) is 0 Å². The molecule has 1 unspecified atom stereocenters. The SMILES string of the molecule is CCN(c1ccc(C(=O)N2CCCC(CN3CCC(C)CC3)C2)cc1)C(C)C. The van der Waals surface area contributed by atoms with Crippen LogP contribution in [0.25, 0.3) is 0 Å². The number of hydrogen-bond acceptors (Lipinski definition) is 3. The quantitative estimate of drug-likeness (QED) is 0.721. The summed E-state index contributed by atoms with van der Waals surface area (Å²) in [5.74, 6) is 1.71. The van der Waals surface area contributed by atoms with E-state index in [-0.39, 0.29) is 5.91 Å². The van der Waals surface area contributed by atoms with E-state index in [0.29, 0.717) is 12.0 Å². The van der Waals surface area contributed by atoms with Gasteiger partial charge in [0.25, 0.3) is 5.91 Å². The summed E-state index contributed by atoms with van der Waals surface area (Å²) >= 11 is 0. The van der Waals surface area contributed by atoms with E-state index in [1.54, 1.807) is 0 Å². The second-order valence-corrected chi connectivity index (χ2v) is 9.17. The normalized spacial score (nSPS) is 21.9. The van der Waals surface area contributed by atoms with E-state index in [2.05, 4.69) is 54.5 Å². The summed E-state index contributed by atoms with van der Waals surface area (Å²) in [5.41, 5.74) is 2.03. The zero-order chi connectivity index (χ0) is 20.1. The van der Waals surface area contributed by atoms with Gasteiger partial charge >= 0.3 is 0 Å². The fourth-order valence-corrected chi connectivity index (χ4v) is 4.83. The van der Waals surface area contributed by atoms with Gasteiger partial charge in [0, 0.05) is 43.5 Å². The van der Waals surface area contributed by atoms with Gasteiger partial charge in [-0.05, 0) is 95.6 Å². The summed E-state index contributed by atoms with van der Waals surface area (Å²) in [6, 6.07) is 8.70. The Balaban J connectivity index is 1.57. The number of hydrogen-bond donors (Lipinski definition) is 0.